The van der Waals surface area contributed by atoms with Gasteiger partial charge in [0.15, 0.2) is 0 Å². The Morgan fingerprint density at radius 1 is 1.27 bits per heavy atom. The lowest BCUT2D eigenvalue weighted by Crippen LogP contribution is -2.29. The molecule has 0 saturated heterocycles. The number of hydrazone groups is 1. The first kappa shape index (κ1) is 18.2. The van der Waals surface area contributed by atoms with E-state index in [0.29, 0.717) is 46.0 Å². The molecule has 1 heterocycles. The minimum atomic E-state index is -1.12. The number of furan rings is 1. The summed E-state index contributed by atoms with van der Waals surface area (Å²) in [4.78, 5) is 23.7. The van der Waals surface area contributed by atoms with Gasteiger partial charge in [0.2, 0.25) is 5.76 Å². The number of carbonyl (C=O) groups is 2. The standard InChI is InChI=1S/C19H19ClN2O4/c1-10-15-13(21-22-17(23)11-6-4-5-7-12(11)20)8-19(2,3)9-14(15)26-16(10)18(24)25/h4-7H,8-9H2,1-3H3,(H,22,23)(H,24,25)/b21-13+. The van der Waals surface area contributed by atoms with Gasteiger partial charge in [-0.3, -0.25) is 4.79 Å². The van der Waals surface area contributed by atoms with Crippen molar-refractivity contribution >= 4 is 29.2 Å². The largest absolute Gasteiger partial charge is 0.475 e. The van der Waals surface area contributed by atoms with Gasteiger partial charge in [-0.1, -0.05) is 37.6 Å². The number of amides is 1. The van der Waals surface area contributed by atoms with Crippen LogP contribution in [0.25, 0.3) is 0 Å². The zero-order valence-corrected chi connectivity index (χ0v) is 15.5. The van der Waals surface area contributed by atoms with Crippen LogP contribution in [0.5, 0.6) is 0 Å². The Morgan fingerprint density at radius 3 is 2.62 bits per heavy atom. The molecular weight excluding hydrogens is 356 g/mol. The van der Waals surface area contributed by atoms with E-state index in [1.165, 1.54) is 0 Å². The molecule has 2 N–H and O–H groups in total. The SMILES string of the molecule is Cc1c(C(=O)O)oc2c1/C(=N/NC(=O)c1ccccc1Cl)CC(C)(C)C2. The van der Waals surface area contributed by atoms with Crippen molar-refractivity contribution in [2.45, 2.75) is 33.6 Å². The molecule has 1 amide bonds. The van der Waals surface area contributed by atoms with Crippen LogP contribution < -0.4 is 5.43 Å². The zero-order chi connectivity index (χ0) is 19.1. The number of carboxylic acid groups (broad SMARTS) is 1. The van der Waals surface area contributed by atoms with Crippen molar-refractivity contribution in [1.29, 1.82) is 0 Å². The molecule has 3 rings (SSSR count). The van der Waals surface area contributed by atoms with Crippen LogP contribution >= 0.6 is 11.6 Å². The fraction of sp³-hybridized carbons (Fsp3) is 0.316. The number of benzene rings is 1. The van der Waals surface area contributed by atoms with E-state index in [4.69, 9.17) is 16.0 Å². The number of rotatable bonds is 3. The summed E-state index contributed by atoms with van der Waals surface area (Å²) < 4.78 is 5.56. The fourth-order valence-corrected chi connectivity index (χ4v) is 3.46. The van der Waals surface area contributed by atoms with Gasteiger partial charge in [-0.15, -0.1) is 0 Å². The summed E-state index contributed by atoms with van der Waals surface area (Å²) in [5.74, 6) is -1.04. The highest BCUT2D eigenvalue weighted by Gasteiger charge is 2.36. The average molecular weight is 375 g/mol. The van der Waals surface area contributed by atoms with Crippen LogP contribution in [0.4, 0.5) is 0 Å². The third-order valence-corrected chi connectivity index (χ3v) is 4.73. The molecule has 1 aromatic heterocycles. The van der Waals surface area contributed by atoms with Crippen molar-refractivity contribution in [3.8, 4) is 0 Å². The van der Waals surface area contributed by atoms with E-state index in [9.17, 15) is 14.7 Å². The minimum absolute atomic E-state index is 0.0853. The number of carboxylic acids is 1. The Bertz CT molecular complexity index is 928. The van der Waals surface area contributed by atoms with Crippen molar-refractivity contribution in [1.82, 2.24) is 5.43 Å². The van der Waals surface area contributed by atoms with Crippen LogP contribution in [0, 0.1) is 12.3 Å². The molecule has 26 heavy (non-hydrogen) atoms. The second-order valence-corrected chi connectivity index (χ2v) is 7.56. The van der Waals surface area contributed by atoms with Crippen molar-refractivity contribution in [3.63, 3.8) is 0 Å². The summed E-state index contributed by atoms with van der Waals surface area (Å²) in [6, 6.07) is 6.70. The van der Waals surface area contributed by atoms with Crippen LogP contribution in [-0.4, -0.2) is 22.7 Å². The number of hydrogen-bond donors (Lipinski definition) is 2. The molecule has 0 spiro atoms. The van der Waals surface area contributed by atoms with E-state index in [1.54, 1.807) is 31.2 Å². The highest BCUT2D eigenvalue weighted by Crippen LogP contribution is 2.38. The van der Waals surface area contributed by atoms with Crippen molar-refractivity contribution in [2.75, 3.05) is 0 Å². The molecule has 7 heteroatoms. The highest BCUT2D eigenvalue weighted by molar-refractivity contribution is 6.33. The first-order valence-corrected chi connectivity index (χ1v) is 8.55. The second-order valence-electron chi connectivity index (χ2n) is 7.16. The maximum Gasteiger partial charge on any atom is 0.372 e. The molecular formula is C19H19ClN2O4. The molecule has 0 atom stereocenters. The molecule has 6 nitrogen and oxygen atoms in total. The summed E-state index contributed by atoms with van der Waals surface area (Å²) in [7, 11) is 0. The van der Waals surface area contributed by atoms with Gasteiger partial charge in [-0.25, -0.2) is 10.2 Å². The highest BCUT2D eigenvalue weighted by atomic mass is 35.5. The topological polar surface area (TPSA) is 91.9 Å². The number of carbonyl (C=O) groups excluding carboxylic acids is 1. The smallest absolute Gasteiger partial charge is 0.372 e. The van der Waals surface area contributed by atoms with Gasteiger partial charge in [0.05, 0.1) is 16.3 Å². The molecule has 1 aliphatic rings. The molecule has 2 aromatic rings. The lowest BCUT2D eigenvalue weighted by atomic mass is 9.75. The van der Waals surface area contributed by atoms with Crippen molar-refractivity contribution in [2.24, 2.45) is 10.5 Å². The number of aromatic carboxylic acids is 1. The monoisotopic (exact) mass is 374 g/mol. The summed E-state index contributed by atoms with van der Waals surface area (Å²) in [6.45, 7) is 5.77. The van der Waals surface area contributed by atoms with E-state index in [-0.39, 0.29) is 11.2 Å². The van der Waals surface area contributed by atoms with Crippen LogP contribution in [0.2, 0.25) is 5.02 Å². The van der Waals surface area contributed by atoms with Gasteiger partial charge in [0, 0.05) is 17.5 Å². The molecule has 1 aromatic carbocycles. The summed E-state index contributed by atoms with van der Waals surface area (Å²) in [5, 5.41) is 13.9. The number of nitrogens with zero attached hydrogens (tertiary/aromatic N) is 1. The molecule has 0 saturated carbocycles. The van der Waals surface area contributed by atoms with E-state index in [1.807, 2.05) is 13.8 Å². The lowest BCUT2D eigenvalue weighted by Gasteiger charge is -2.29. The minimum Gasteiger partial charge on any atom is -0.475 e. The van der Waals surface area contributed by atoms with Gasteiger partial charge < -0.3 is 9.52 Å². The zero-order valence-electron chi connectivity index (χ0n) is 14.7. The van der Waals surface area contributed by atoms with E-state index in [0.717, 1.165) is 0 Å². The normalized spacial score (nSPS) is 17.0. The molecule has 0 aliphatic heterocycles. The van der Waals surface area contributed by atoms with Crippen LogP contribution in [0.1, 0.15) is 58.1 Å². The Labute approximate surface area is 155 Å². The third-order valence-electron chi connectivity index (χ3n) is 4.40. The van der Waals surface area contributed by atoms with Gasteiger partial charge in [-0.2, -0.15) is 5.10 Å². The third kappa shape index (κ3) is 3.37. The Hall–Kier alpha value is -2.60. The van der Waals surface area contributed by atoms with Gasteiger partial charge in [-0.05, 0) is 30.9 Å². The second kappa shape index (κ2) is 6.61. The number of hydrogen-bond acceptors (Lipinski definition) is 4. The summed E-state index contributed by atoms with van der Waals surface area (Å²) in [6.07, 6.45) is 1.19. The summed E-state index contributed by atoms with van der Waals surface area (Å²) in [5.41, 5.74) is 4.48. The summed E-state index contributed by atoms with van der Waals surface area (Å²) >= 11 is 6.04. The van der Waals surface area contributed by atoms with Crippen molar-refractivity contribution in [3.05, 3.63) is 57.5 Å². The van der Waals surface area contributed by atoms with Crippen LogP contribution in [0.15, 0.2) is 33.8 Å². The average Bonchev–Trinajstić information content (AvgIpc) is 2.88. The number of fused-ring (bicyclic) bond motifs is 1. The number of halogens is 1. The molecule has 136 valence electrons. The molecule has 0 bridgehead atoms. The van der Waals surface area contributed by atoms with Crippen molar-refractivity contribution < 1.29 is 19.1 Å². The van der Waals surface area contributed by atoms with Crippen LogP contribution in [-0.2, 0) is 6.42 Å². The van der Waals surface area contributed by atoms with Crippen LogP contribution in [0.3, 0.4) is 0 Å². The Kier molecular flexibility index (Phi) is 4.63. The van der Waals surface area contributed by atoms with Gasteiger partial charge >= 0.3 is 5.97 Å². The first-order valence-electron chi connectivity index (χ1n) is 8.17. The van der Waals surface area contributed by atoms with E-state index < -0.39 is 11.9 Å². The maximum absolute atomic E-state index is 12.4. The lowest BCUT2D eigenvalue weighted by molar-refractivity contribution is 0.0657. The van der Waals surface area contributed by atoms with E-state index in [2.05, 4.69) is 10.5 Å². The predicted octanol–water partition coefficient (Wildman–Crippen LogP) is 4.05. The van der Waals surface area contributed by atoms with Gasteiger partial charge in [0.1, 0.15) is 5.76 Å². The molecule has 0 unspecified atom stereocenters. The molecule has 0 radical (unpaired) electrons. The molecule has 0 fully saturated rings. The molecule has 1 aliphatic carbocycles. The van der Waals surface area contributed by atoms with Gasteiger partial charge in [0.25, 0.3) is 5.91 Å². The fourth-order valence-electron chi connectivity index (χ4n) is 3.24. The maximum atomic E-state index is 12.4. The quantitative estimate of drug-likeness (QED) is 0.793. The Morgan fingerprint density at radius 2 is 1.96 bits per heavy atom. The van der Waals surface area contributed by atoms with E-state index >= 15 is 0 Å². The number of nitrogens with one attached hydrogen (secondary N) is 1. The predicted molar refractivity (Wildman–Crippen MR) is 98.0 cm³/mol. The first-order chi connectivity index (χ1) is 12.2. The Balaban J connectivity index is 1.97.